The summed E-state index contributed by atoms with van der Waals surface area (Å²) in [6, 6.07) is 5.64. The summed E-state index contributed by atoms with van der Waals surface area (Å²) in [7, 11) is 1.66. The van der Waals surface area contributed by atoms with Gasteiger partial charge < -0.3 is 15.2 Å². The first-order valence-corrected chi connectivity index (χ1v) is 7.26. The highest BCUT2D eigenvalue weighted by atomic mass is 35.5. The molecular weight excluding hydrogens is 323 g/mol. The molecule has 1 heterocycles. The van der Waals surface area contributed by atoms with Gasteiger partial charge in [-0.05, 0) is 17.5 Å². The SMILES string of the molecule is COc1cccc(O)c1[C@H](N1CCNCC1)C(C)(C)C.Cl.Cl. The molecule has 0 aromatic heterocycles. The second-order valence-electron chi connectivity index (χ2n) is 6.45. The highest BCUT2D eigenvalue weighted by molar-refractivity contribution is 5.85. The number of nitrogens with zero attached hydrogens (tertiary/aromatic N) is 1. The van der Waals surface area contributed by atoms with Crippen LogP contribution in [0.2, 0.25) is 0 Å². The maximum Gasteiger partial charge on any atom is 0.127 e. The lowest BCUT2D eigenvalue weighted by Crippen LogP contribution is -2.48. The number of phenolic OH excluding ortho intramolecular Hbond substituents is 1. The van der Waals surface area contributed by atoms with Crippen LogP contribution in [0.1, 0.15) is 32.4 Å². The van der Waals surface area contributed by atoms with Crippen molar-refractivity contribution in [3.63, 3.8) is 0 Å². The molecule has 4 nitrogen and oxygen atoms in total. The standard InChI is InChI=1S/C16H26N2O2.2ClH/c1-16(2,3)15(18-10-8-17-9-11-18)14-12(19)6-5-7-13(14)20-4;;/h5-7,15,17,19H,8-11H2,1-4H3;2*1H/t15-;;/m0../s1. The summed E-state index contributed by atoms with van der Waals surface area (Å²) in [4.78, 5) is 2.44. The zero-order valence-corrected chi connectivity index (χ0v) is 15.4. The van der Waals surface area contributed by atoms with Gasteiger partial charge in [0.1, 0.15) is 11.5 Å². The Morgan fingerprint density at radius 1 is 1.18 bits per heavy atom. The van der Waals surface area contributed by atoms with Crippen molar-refractivity contribution < 1.29 is 9.84 Å². The van der Waals surface area contributed by atoms with E-state index in [0.717, 1.165) is 37.5 Å². The van der Waals surface area contributed by atoms with E-state index in [1.54, 1.807) is 13.2 Å². The summed E-state index contributed by atoms with van der Waals surface area (Å²) in [5.74, 6) is 1.09. The monoisotopic (exact) mass is 350 g/mol. The van der Waals surface area contributed by atoms with Crippen LogP contribution in [0.25, 0.3) is 0 Å². The van der Waals surface area contributed by atoms with Crippen molar-refractivity contribution in [1.29, 1.82) is 0 Å². The number of aromatic hydroxyl groups is 1. The predicted molar refractivity (Wildman–Crippen MR) is 95.8 cm³/mol. The van der Waals surface area contributed by atoms with Crippen LogP contribution in [-0.4, -0.2) is 43.3 Å². The first-order chi connectivity index (χ1) is 9.45. The van der Waals surface area contributed by atoms with Crippen LogP contribution in [0.3, 0.4) is 0 Å². The molecule has 2 N–H and O–H groups in total. The average Bonchev–Trinajstić information content (AvgIpc) is 2.40. The molecule has 0 radical (unpaired) electrons. The van der Waals surface area contributed by atoms with Crippen LogP contribution >= 0.6 is 24.8 Å². The summed E-state index contributed by atoms with van der Waals surface area (Å²) in [6.07, 6.45) is 0. The van der Waals surface area contributed by atoms with Gasteiger partial charge in [0, 0.05) is 32.2 Å². The van der Waals surface area contributed by atoms with Gasteiger partial charge in [0.15, 0.2) is 0 Å². The molecule has 6 heteroatoms. The normalized spacial score (nSPS) is 17.1. The highest BCUT2D eigenvalue weighted by Crippen LogP contribution is 2.45. The lowest BCUT2D eigenvalue weighted by molar-refractivity contribution is 0.0821. The molecule has 0 saturated carbocycles. The van der Waals surface area contributed by atoms with Crippen LogP contribution < -0.4 is 10.1 Å². The molecule has 0 bridgehead atoms. The Morgan fingerprint density at radius 3 is 2.27 bits per heavy atom. The fraction of sp³-hybridized carbons (Fsp3) is 0.625. The molecule has 128 valence electrons. The number of hydrogen-bond donors (Lipinski definition) is 2. The van der Waals surface area contributed by atoms with E-state index in [4.69, 9.17) is 4.74 Å². The lowest BCUT2D eigenvalue weighted by Gasteiger charge is -2.43. The molecule has 0 spiro atoms. The third-order valence-corrected chi connectivity index (χ3v) is 3.87. The Kier molecular flexibility index (Phi) is 8.55. The molecule has 0 amide bonds. The van der Waals surface area contributed by atoms with Gasteiger partial charge in [-0.1, -0.05) is 26.8 Å². The van der Waals surface area contributed by atoms with E-state index in [-0.39, 0.29) is 36.3 Å². The topological polar surface area (TPSA) is 44.7 Å². The molecule has 1 aromatic rings. The summed E-state index contributed by atoms with van der Waals surface area (Å²) >= 11 is 0. The van der Waals surface area contributed by atoms with E-state index in [1.165, 1.54) is 0 Å². The van der Waals surface area contributed by atoms with Crippen LogP contribution in [0.4, 0.5) is 0 Å². The van der Waals surface area contributed by atoms with Gasteiger partial charge in [0.2, 0.25) is 0 Å². The maximum atomic E-state index is 10.4. The molecule has 22 heavy (non-hydrogen) atoms. The van der Waals surface area contributed by atoms with Gasteiger partial charge >= 0.3 is 0 Å². The highest BCUT2D eigenvalue weighted by Gasteiger charge is 2.36. The van der Waals surface area contributed by atoms with Crippen molar-refractivity contribution in [3.8, 4) is 11.5 Å². The Morgan fingerprint density at radius 2 is 1.77 bits per heavy atom. The van der Waals surface area contributed by atoms with E-state index in [0.29, 0.717) is 5.75 Å². The van der Waals surface area contributed by atoms with Gasteiger partial charge in [-0.2, -0.15) is 0 Å². The fourth-order valence-electron chi connectivity index (χ4n) is 3.09. The molecule has 1 saturated heterocycles. The van der Waals surface area contributed by atoms with E-state index in [2.05, 4.69) is 31.0 Å². The summed E-state index contributed by atoms with van der Waals surface area (Å²) in [5.41, 5.74) is 0.924. The van der Waals surface area contributed by atoms with E-state index in [9.17, 15) is 5.11 Å². The number of piperazine rings is 1. The molecule has 1 aliphatic heterocycles. The number of methoxy groups -OCH3 is 1. The van der Waals surface area contributed by atoms with Crippen molar-refractivity contribution >= 4 is 24.8 Å². The number of halogens is 2. The minimum absolute atomic E-state index is 0. The molecule has 1 fully saturated rings. The Labute approximate surface area is 146 Å². The van der Waals surface area contributed by atoms with Crippen LogP contribution in [0, 0.1) is 5.41 Å². The first kappa shape index (κ1) is 21.3. The minimum Gasteiger partial charge on any atom is -0.507 e. The smallest absolute Gasteiger partial charge is 0.127 e. The van der Waals surface area contributed by atoms with Crippen molar-refractivity contribution in [3.05, 3.63) is 23.8 Å². The average molecular weight is 351 g/mol. The third kappa shape index (κ3) is 4.66. The van der Waals surface area contributed by atoms with Crippen LogP contribution in [-0.2, 0) is 0 Å². The summed E-state index contributed by atoms with van der Waals surface area (Å²) < 4.78 is 5.49. The van der Waals surface area contributed by atoms with Crippen molar-refractivity contribution in [2.75, 3.05) is 33.3 Å². The van der Waals surface area contributed by atoms with Gasteiger partial charge in [-0.15, -0.1) is 24.8 Å². The number of benzene rings is 1. The number of ether oxygens (including phenoxy) is 1. The second kappa shape index (κ2) is 8.82. The predicted octanol–water partition coefficient (Wildman–Crippen LogP) is 3.24. The van der Waals surface area contributed by atoms with Gasteiger partial charge in [-0.25, -0.2) is 0 Å². The Balaban J connectivity index is 0.00000220. The lowest BCUT2D eigenvalue weighted by atomic mass is 9.80. The zero-order valence-electron chi connectivity index (χ0n) is 13.8. The molecular formula is C16H28Cl2N2O2. The van der Waals surface area contributed by atoms with E-state index >= 15 is 0 Å². The minimum atomic E-state index is 0. The van der Waals surface area contributed by atoms with Gasteiger partial charge in [0.05, 0.1) is 12.7 Å². The Bertz CT molecular complexity index is 458. The molecule has 0 aliphatic carbocycles. The molecule has 2 rings (SSSR count). The van der Waals surface area contributed by atoms with Crippen molar-refractivity contribution in [2.24, 2.45) is 5.41 Å². The zero-order chi connectivity index (χ0) is 14.8. The maximum absolute atomic E-state index is 10.4. The molecule has 1 atom stereocenters. The van der Waals surface area contributed by atoms with Crippen molar-refractivity contribution in [2.45, 2.75) is 26.8 Å². The van der Waals surface area contributed by atoms with E-state index in [1.807, 2.05) is 12.1 Å². The summed E-state index contributed by atoms with van der Waals surface area (Å²) in [5, 5.41) is 13.7. The molecule has 0 unspecified atom stereocenters. The van der Waals surface area contributed by atoms with Crippen LogP contribution in [0.15, 0.2) is 18.2 Å². The third-order valence-electron chi connectivity index (χ3n) is 3.87. The number of rotatable bonds is 3. The number of nitrogens with one attached hydrogen (secondary N) is 1. The fourth-order valence-corrected chi connectivity index (χ4v) is 3.09. The first-order valence-electron chi connectivity index (χ1n) is 7.26. The van der Waals surface area contributed by atoms with E-state index < -0.39 is 0 Å². The molecule has 1 aromatic carbocycles. The number of phenols is 1. The quantitative estimate of drug-likeness (QED) is 0.878. The largest absolute Gasteiger partial charge is 0.507 e. The van der Waals surface area contributed by atoms with Crippen LogP contribution in [0.5, 0.6) is 11.5 Å². The van der Waals surface area contributed by atoms with Gasteiger partial charge in [0.25, 0.3) is 0 Å². The van der Waals surface area contributed by atoms with Gasteiger partial charge in [-0.3, -0.25) is 4.90 Å². The molecule has 1 aliphatic rings. The summed E-state index contributed by atoms with van der Waals surface area (Å²) in [6.45, 7) is 10.6. The second-order valence-corrected chi connectivity index (χ2v) is 6.45. The van der Waals surface area contributed by atoms with Crippen molar-refractivity contribution in [1.82, 2.24) is 10.2 Å². The number of hydrogen-bond acceptors (Lipinski definition) is 4. The Hall–Kier alpha value is -0.680.